The summed E-state index contributed by atoms with van der Waals surface area (Å²) < 4.78 is 6.03. The Hall–Kier alpha value is -1.94. The quantitative estimate of drug-likeness (QED) is 0.450. The molecular weight excluding hydrogens is 328 g/mol. The highest BCUT2D eigenvalue weighted by Gasteiger charge is 2.04. The molecule has 0 N–H and O–H groups in total. The van der Waals surface area contributed by atoms with Crippen molar-refractivity contribution in [1.29, 1.82) is 0 Å². The first kappa shape index (κ1) is 17.9. The first-order valence-corrected chi connectivity index (χ1v) is 10.0. The van der Waals surface area contributed by atoms with Crippen LogP contribution in [0.25, 0.3) is 10.9 Å². The Morgan fingerprint density at radius 2 is 1.72 bits per heavy atom. The molecule has 0 unspecified atom stereocenters. The Kier molecular flexibility index (Phi) is 6.40. The second-order valence-corrected chi connectivity index (χ2v) is 7.47. The number of hydrogen-bond donors (Lipinski definition) is 0. The predicted molar refractivity (Wildman–Crippen MR) is 106 cm³/mol. The summed E-state index contributed by atoms with van der Waals surface area (Å²) in [4.78, 5) is 9.07. The molecule has 0 fully saturated rings. The van der Waals surface area contributed by atoms with E-state index >= 15 is 0 Å². The fraction of sp³-hybridized carbons (Fsp3) is 0.429. The number of aryl methyl sites for hydroxylation is 3. The number of thiazole rings is 1. The van der Waals surface area contributed by atoms with Crippen molar-refractivity contribution < 1.29 is 4.74 Å². The molecule has 0 aliphatic rings. The first-order chi connectivity index (χ1) is 12.2. The summed E-state index contributed by atoms with van der Waals surface area (Å²) in [6.07, 6.45) is 7.23. The van der Waals surface area contributed by atoms with Gasteiger partial charge in [-0.25, -0.2) is 4.98 Å². The molecule has 25 heavy (non-hydrogen) atoms. The minimum atomic E-state index is 0.777. The van der Waals surface area contributed by atoms with Crippen LogP contribution in [0.1, 0.15) is 48.5 Å². The van der Waals surface area contributed by atoms with Crippen LogP contribution in [0, 0.1) is 13.8 Å². The molecule has 0 aliphatic heterocycles. The molecule has 0 amide bonds. The average molecular weight is 355 g/mol. The summed E-state index contributed by atoms with van der Waals surface area (Å²) in [5.74, 6) is 0.960. The van der Waals surface area contributed by atoms with Crippen molar-refractivity contribution >= 4 is 22.2 Å². The number of para-hydroxylation sites is 1. The maximum atomic E-state index is 6.03. The van der Waals surface area contributed by atoms with Crippen LogP contribution in [0.3, 0.4) is 0 Å². The van der Waals surface area contributed by atoms with E-state index in [1.807, 2.05) is 31.2 Å². The van der Waals surface area contributed by atoms with Gasteiger partial charge in [-0.1, -0.05) is 31.4 Å². The van der Waals surface area contributed by atoms with Crippen molar-refractivity contribution in [1.82, 2.24) is 9.97 Å². The zero-order valence-electron chi connectivity index (χ0n) is 15.1. The number of nitrogens with zero attached hydrogens (tertiary/aromatic N) is 2. The molecule has 132 valence electrons. The number of aromatic nitrogens is 2. The standard InChI is InChI=1S/C21H26N2OS/c1-16-14-20(18-10-7-8-11-19(18)22-16)24-13-9-5-3-4-6-12-21-23-17(2)15-25-21/h7-8,10-11,14-15H,3-6,9,12-13H2,1-2H3. The van der Waals surface area contributed by atoms with Crippen LogP contribution in [0.5, 0.6) is 5.75 Å². The van der Waals surface area contributed by atoms with Crippen LogP contribution >= 0.6 is 11.3 Å². The van der Waals surface area contributed by atoms with Crippen molar-refractivity contribution in [2.75, 3.05) is 6.61 Å². The van der Waals surface area contributed by atoms with Crippen LogP contribution in [0.15, 0.2) is 35.7 Å². The number of pyridine rings is 1. The smallest absolute Gasteiger partial charge is 0.130 e. The maximum Gasteiger partial charge on any atom is 0.130 e. The highest BCUT2D eigenvalue weighted by molar-refractivity contribution is 7.09. The van der Waals surface area contributed by atoms with Gasteiger partial charge in [-0.05, 0) is 45.2 Å². The number of ether oxygens (including phenoxy) is 1. The van der Waals surface area contributed by atoms with Crippen LogP contribution in [0.4, 0.5) is 0 Å². The van der Waals surface area contributed by atoms with Gasteiger partial charge in [0.05, 0.1) is 17.1 Å². The number of benzene rings is 1. The fourth-order valence-corrected chi connectivity index (χ4v) is 3.82. The normalized spacial score (nSPS) is 11.1. The lowest BCUT2D eigenvalue weighted by molar-refractivity contribution is 0.307. The summed E-state index contributed by atoms with van der Waals surface area (Å²) >= 11 is 1.78. The topological polar surface area (TPSA) is 35.0 Å². The molecule has 1 aromatic carbocycles. The maximum absolute atomic E-state index is 6.03. The third-order valence-corrected chi connectivity index (χ3v) is 5.29. The van der Waals surface area contributed by atoms with Gasteiger partial charge in [-0.15, -0.1) is 11.3 Å². The zero-order valence-corrected chi connectivity index (χ0v) is 15.9. The second-order valence-electron chi connectivity index (χ2n) is 6.53. The second kappa shape index (κ2) is 8.95. The third kappa shape index (κ3) is 5.27. The van der Waals surface area contributed by atoms with E-state index in [2.05, 4.69) is 28.3 Å². The molecule has 0 aliphatic carbocycles. The molecule has 3 rings (SSSR count). The highest BCUT2D eigenvalue weighted by Crippen LogP contribution is 2.25. The monoisotopic (exact) mass is 354 g/mol. The van der Waals surface area contributed by atoms with Crippen molar-refractivity contribution in [2.24, 2.45) is 0 Å². The Morgan fingerprint density at radius 3 is 2.56 bits per heavy atom. The number of hydrogen-bond acceptors (Lipinski definition) is 4. The molecule has 0 radical (unpaired) electrons. The van der Waals surface area contributed by atoms with Gasteiger partial charge in [-0.3, -0.25) is 4.98 Å². The molecule has 0 bridgehead atoms. The van der Waals surface area contributed by atoms with E-state index in [1.54, 1.807) is 11.3 Å². The van der Waals surface area contributed by atoms with Crippen molar-refractivity contribution in [3.05, 3.63) is 52.1 Å². The molecule has 3 nitrogen and oxygen atoms in total. The minimum Gasteiger partial charge on any atom is -0.493 e. The molecule has 3 aromatic rings. The van der Waals surface area contributed by atoms with Crippen LogP contribution < -0.4 is 4.74 Å². The molecule has 2 heterocycles. The Labute approximate surface area is 154 Å². The number of fused-ring (bicyclic) bond motifs is 1. The summed E-state index contributed by atoms with van der Waals surface area (Å²) in [6, 6.07) is 10.2. The van der Waals surface area contributed by atoms with Gasteiger partial charge in [0, 0.05) is 28.2 Å². The fourth-order valence-electron chi connectivity index (χ4n) is 3.00. The lowest BCUT2D eigenvalue weighted by Gasteiger charge is -2.10. The molecular formula is C21H26N2OS. The number of rotatable bonds is 9. The van der Waals surface area contributed by atoms with Gasteiger partial charge in [0.25, 0.3) is 0 Å². The molecule has 4 heteroatoms. The van der Waals surface area contributed by atoms with E-state index < -0.39 is 0 Å². The first-order valence-electron chi connectivity index (χ1n) is 9.12. The average Bonchev–Trinajstić information content (AvgIpc) is 3.02. The summed E-state index contributed by atoms with van der Waals surface area (Å²) in [6.45, 7) is 4.86. The SMILES string of the molecule is Cc1csc(CCCCCCCOc2cc(C)nc3ccccc23)n1. The van der Waals surface area contributed by atoms with Crippen molar-refractivity contribution in [2.45, 2.75) is 52.4 Å². The van der Waals surface area contributed by atoms with Gasteiger partial charge in [0.15, 0.2) is 0 Å². The largest absolute Gasteiger partial charge is 0.493 e. The third-order valence-electron chi connectivity index (χ3n) is 4.27. The molecule has 0 saturated carbocycles. The van der Waals surface area contributed by atoms with Gasteiger partial charge >= 0.3 is 0 Å². The summed E-state index contributed by atoms with van der Waals surface area (Å²) in [5, 5.41) is 4.52. The van der Waals surface area contributed by atoms with Crippen molar-refractivity contribution in [3.63, 3.8) is 0 Å². The van der Waals surface area contributed by atoms with Crippen molar-refractivity contribution in [3.8, 4) is 5.75 Å². The highest BCUT2D eigenvalue weighted by atomic mass is 32.1. The Morgan fingerprint density at radius 1 is 0.920 bits per heavy atom. The summed E-state index contributed by atoms with van der Waals surface area (Å²) in [5.41, 5.74) is 3.16. The van der Waals surface area contributed by atoms with Gasteiger partial charge in [0.1, 0.15) is 5.75 Å². The van der Waals surface area contributed by atoms with Gasteiger partial charge in [0.2, 0.25) is 0 Å². The predicted octanol–water partition coefficient (Wildman–Crippen LogP) is 5.88. The number of unbranched alkanes of at least 4 members (excludes halogenated alkanes) is 4. The lowest BCUT2D eigenvalue weighted by atomic mass is 10.1. The minimum absolute atomic E-state index is 0.777. The molecule has 0 atom stereocenters. The van der Waals surface area contributed by atoms with E-state index in [0.717, 1.165) is 47.5 Å². The van der Waals surface area contributed by atoms with Crippen LogP contribution in [0.2, 0.25) is 0 Å². The zero-order chi connectivity index (χ0) is 17.5. The Balaban J connectivity index is 1.35. The van der Waals surface area contributed by atoms with E-state index in [0.29, 0.717) is 0 Å². The van der Waals surface area contributed by atoms with E-state index in [-0.39, 0.29) is 0 Å². The molecule has 0 spiro atoms. The van der Waals surface area contributed by atoms with Crippen LogP contribution in [-0.2, 0) is 6.42 Å². The lowest BCUT2D eigenvalue weighted by Crippen LogP contribution is -1.99. The Bertz CT molecular complexity index is 813. The van der Waals surface area contributed by atoms with E-state index in [4.69, 9.17) is 4.74 Å². The van der Waals surface area contributed by atoms with Gasteiger partial charge < -0.3 is 4.74 Å². The summed E-state index contributed by atoms with van der Waals surface area (Å²) in [7, 11) is 0. The molecule has 2 aromatic heterocycles. The van der Waals surface area contributed by atoms with Crippen LogP contribution in [-0.4, -0.2) is 16.6 Å². The molecule has 0 saturated heterocycles. The van der Waals surface area contributed by atoms with E-state index in [1.165, 1.54) is 30.7 Å². The van der Waals surface area contributed by atoms with Gasteiger partial charge in [-0.2, -0.15) is 0 Å². The van der Waals surface area contributed by atoms with E-state index in [9.17, 15) is 0 Å².